The van der Waals surface area contributed by atoms with E-state index < -0.39 is 0 Å². The fraction of sp³-hybridized carbons (Fsp3) is 0.167. The molecule has 1 N–H and O–H groups in total. The van der Waals surface area contributed by atoms with Crippen molar-refractivity contribution in [1.29, 1.82) is 0 Å². The molecule has 0 saturated heterocycles. The van der Waals surface area contributed by atoms with E-state index in [-0.39, 0.29) is 18.8 Å². The number of aliphatic hydroxyl groups excluding tert-OH is 1. The van der Waals surface area contributed by atoms with Crippen molar-refractivity contribution in [2.75, 3.05) is 13.2 Å². The van der Waals surface area contributed by atoms with Crippen LogP contribution in [0.5, 0.6) is 5.75 Å². The van der Waals surface area contributed by atoms with E-state index in [1.54, 1.807) is 10.6 Å². The lowest BCUT2D eigenvalue weighted by Gasteiger charge is -2.17. The fourth-order valence-corrected chi connectivity index (χ4v) is 3.97. The lowest BCUT2D eigenvalue weighted by molar-refractivity contribution is 0.200. The number of hydrogen-bond acceptors (Lipinski definition) is 4. The van der Waals surface area contributed by atoms with Gasteiger partial charge in [0.25, 0.3) is 5.56 Å². The van der Waals surface area contributed by atoms with Gasteiger partial charge in [0.05, 0.1) is 23.2 Å². The summed E-state index contributed by atoms with van der Waals surface area (Å²) in [4.78, 5) is 18.3. The molecule has 0 atom stereocenters. The monoisotopic (exact) mass is 512 g/mol. The summed E-state index contributed by atoms with van der Waals surface area (Å²) in [6.45, 7) is 4.11. The highest BCUT2D eigenvalue weighted by molar-refractivity contribution is 14.1. The number of aryl methyl sites for hydroxylation is 2. The number of para-hydroxylation sites is 1. The fourth-order valence-electron chi connectivity index (χ4n) is 3.61. The Balaban J connectivity index is 1.99. The molecule has 0 spiro atoms. The van der Waals surface area contributed by atoms with Gasteiger partial charge >= 0.3 is 0 Å². The van der Waals surface area contributed by atoms with Crippen LogP contribution in [0.2, 0.25) is 0 Å². The molecule has 1 aromatic heterocycles. The van der Waals surface area contributed by atoms with Gasteiger partial charge in [-0.05, 0) is 96.1 Å². The van der Waals surface area contributed by atoms with E-state index in [4.69, 9.17) is 14.8 Å². The second-order valence-corrected chi connectivity index (χ2v) is 8.33. The van der Waals surface area contributed by atoms with Crippen LogP contribution in [-0.4, -0.2) is 27.9 Å². The molecule has 0 radical (unpaired) electrons. The van der Waals surface area contributed by atoms with Crippen molar-refractivity contribution in [2.45, 2.75) is 13.8 Å². The minimum absolute atomic E-state index is 0.0425. The first kappa shape index (κ1) is 20.6. The topological polar surface area (TPSA) is 64.4 Å². The Labute approximate surface area is 188 Å². The smallest absolute Gasteiger partial charge is 0.266 e. The zero-order chi connectivity index (χ0) is 21.3. The Morgan fingerprint density at radius 1 is 1.03 bits per heavy atom. The van der Waals surface area contributed by atoms with Crippen molar-refractivity contribution >= 4 is 33.5 Å². The maximum Gasteiger partial charge on any atom is 0.266 e. The van der Waals surface area contributed by atoms with Crippen molar-refractivity contribution < 1.29 is 9.84 Å². The van der Waals surface area contributed by atoms with Crippen LogP contribution in [0, 0.1) is 17.4 Å². The predicted octanol–water partition coefficient (Wildman–Crippen LogP) is 4.65. The van der Waals surface area contributed by atoms with Gasteiger partial charge in [-0.1, -0.05) is 12.1 Å². The molecule has 0 fully saturated rings. The van der Waals surface area contributed by atoms with Crippen LogP contribution >= 0.6 is 22.6 Å². The largest absolute Gasteiger partial charge is 0.491 e. The maximum atomic E-state index is 13.5. The molecule has 0 saturated carbocycles. The minimum atomic E-state index is -0.104. The average molecular weight is 512 g/mol. The lowest BCUT2D eigenvalue weighted by atomic mass is 10.0. The second-order valence-electron chi connectivity index (χ2n) is 7.08. The molecule has 152 valence electrons. The van der Waals surface area contributed by atoms with Crippen molar-refractivity contribution in [3.8, 4) is 22.8 Å². The van der Waals surface area contributed by atoms with E-state index in [1.165, 1.54) is 0 Å². The number of nitrogens with zero attached hydrogens (tertiary/aromatic N) is 2. The Hall–Kier alpha value is -2.71. The first-order valence-electron chi connectivity index (χ1n) is 9.62. The molecule has 6 heteroatoms. The molecule has 1 heterocycles. The molecular formula is C24H21IN2O3. The summed E-state index contributed by atoms with van der Waals surface area (Å²) in [5.41, 5.74) is 4.01. The van der Waals surface area contributed by atoms with Crippen LogP contribution in [-0.2, 0) is 0 Å². The number of benzene rings is 3. The highest BCUT2D eigenvalue weighted by Gasteiger charge is 2.16. The van der Waals surface area contributed by atoms with E-state index >= 15 is 0 Å². The van der Waals surface area contributed by atoms with Crippen molar-refractivity contribution in [1.82, 2.24) is 9.55 Å². The van der Waals surface area contributed by atoms with Gasteiger partial charge in [0.15, 0.2) is 0 Å². The number of hydrogen-bond donors (Lipinski definition) is 1. The van der Waals surface area contributed by atoms with Crippen LogP contribution in [0.3, 0.4) is 0 Å². The highest BCUT2D eigenvalue weighted by atomic mass is 127. The molecule has 0 aliphatic heterocycles. The molecule has 4 rings (SSSR count). The number of ether oxygens (including phenoxy) is 1. The summed E-state index contributed by atoms with van der Waals surface area (Å²) >= 11 is 2.25. The summed E-state index contributed by atoms with van der Waals surface area (Å²) in [7, 11) is 0. The van der Waals surface area contributed by atoms with Crippen molar-refractivity contribution in [2.24, 2.45) is 0 Å². The van der Waals surface area contributed by atoms with Gasteiger partial charge in [-0.2, -0.15) is 0 Å². The molecule has 0 unspecified atom stereocenters. The van der Waals surface area contributed by atoms with Gasteiger partial charge in [-0.15, -0.1) is 0 Å². The third-order valence-electron chi connectivity index (χ3n) is 4.92. The Bertz CT molecular complexity index is 1260. The van der Waals surface area contributed by atoms with Gasteiger partial charge in [0.2, 0.25) is 0 Å². The number of fused-ring (bicyclic) bond motifs is 1. The van der Waals surface area contributed by atoms with Gasteiger partial charge in [0, 0.05) is 9.13 Å². The first-order chi connectivity index (χ1) is 14.5. The number of rotatable bonds is 5. The molecule has 0 amide bonds. The van der Waals surface area contributed by atoms with Crippen LogP contribution in [0.4, 0.5) is 0 Å². The van der Waals surface area contributed by atoms with E-state index in [2.05, 4.69) is 22.6 Å². The first-order valence-corrected chi connectivity index (χ1v) is 10.7. The third kappa shape index (κ3) is 3.85. The van der Waals surface area contributed by atoms with E-state index in [1.807, 2.05) is 68.4 Å². The molecule has 30 heavy (non-hydrogen) atoms. The summed E-state index contributed by atoms with van der Waals surface area (Å²) in [6, 6.07) is 19.2. The van der Waals surface area contributed by atoms with E-state index in [9.17, 15) is 4.79 Å². The number of aromatic nitrogens is 2. The highest BCUT2D eigenvalue weighted by Crippen LogP contribution is 2.30. The summed E-state index contributed by atoms with van der Waals surface area (Å²) in [6.07, 6.45) is 0. The third-order valence-corrected chi connectivity index (χ3v) is 5.64. The van der Waals surface area contributed by atoms with Crippen LogP contribution < -0.4 is 10.3 Å². The van der Waals surface area contributed by atoms with E-state index in [0.717, 1.165) is 31.7 Å². The Kier molecular flexibility index (Phi) is 5.87. The van der Waals surface area contributed by atoms with Crippen LogP contribution in [0.25, 0.3) is 28.0 Å². The summed E-state index contributed by atoms with van der Waals surface area (Å²) in [5.74, 6) is 1.33. The van der Waals surface area contributed by atoms with Crippen LogP contribution in [0.1, 0.15) is 11.1 Å². The van der Waals surface area contributed by atoms with Crippen molar-refractivity contribution in [3.05, 3.63) is 85.7 Å². The van der Waals surface area contributed by atoms with Crippen LogP contribution in [0.15, 0.2) is 65.5 Å². The van der Waals surface area contributed by atoms with Gasteiger partial charge in [-0.3, -0.25) is 9.36 Å². The Morgan fingerprint density at radius 2 is 1.70 bits per heavy atom. The zero-order valence-electron chi connectivity index (χ0n) is 16.7. The predicted molar refractivity (Wildman–Crippen MR) is 128 cm³/mol. The van der Waals surface area contributed by atoms with E-state index in [0.29, 0.717) is 16.7 Å². The Morgan fingerprint density at radius 3 is 2.37 bits per heavy atom. The number of halogens is 1. The number of aliphatic hydroxyl groups is 1. The molecule has 4 aromatic rings. The second kappa shape index (κ2) is 8.57. The van der Waals surface area contributed by atoms with Gasteiger partial charge < -0.3 is 9.84 Å². The molecule has 0 aliphatic rings. The SMILES string of the molecule is Cc1cc(-c2nc3ccccc3c(=O)n2-c2ccc(I)cc2)cc(C)c1OCCO. The van der Waals surface area contributed by atoms with Crippen molar-refractivity contribution in [3.63, 3.8) is 0 Å². The van der Waals surface area contributed by atoms with Gasteiger partial charge in [-0.25, -0.2) is 4.98 Å². The maximum absolute atomic E-state index is 13.5. The molecule has 5 nitrogen and oxygen atoms in total. The molecule has 3 aromatic carbocycles. The zero-order valence-corrected chi connectivity index (χ0v) is 18.9. The summed E-state index contributed by atoms with van der Waals surface area (Å²) < 4.78 is 8.45. The summed E-state index contributed by atoms with van der Waals surface area (Å²) in [5, 5.41) is 9.66. The molecule has 0 bridgehead atoms. The quantitative estimate of drug-likeness (QED) is 0.396. The minimum Gasteiger partial charge on any atom is -0.491 e. The molecular weight excluding hydrogens is 491 g/mol. The lowest BCUT2D eigenvalue weighted by Crippen LogP contribution is -2.22. The molecule has 0 aliphatic carbocycles. The van der Waals surface area contributed by atoms with Gasteiger partial charge in [0.1, 0.15) is 18.2 Å². The normalized spacial score (nSPS) is 11.1. The standard InChI is InChI=1S/C24H21IN2O3/c1-15-13-17(14-16(2)22(15)30-12-11-28)23-26-21-6-4-3-5-20(21)24(29)27(23)19-9-7-18(25)8-10-19/h3-10,13-14,28H,11-12H2,1-2H3. The average Bonchev–Trinajstić information content (AvgIpc) is 2.74.